The first-order valence-corrected chi connectivity index (χ1v) is 7.64. The number of carbonyl (C=O) groups excluding carboxylic acids is 1. The van der Waals surface area contributed by atoms with Crippen molar-refractivity contribution in [1.82, 2.24) is 9.88 Å². The van der Waals surface area contributed by atoms with Gasteiger partial charge in [-0.05, 0) is 38.8 Å². The monoisotopic (exact) mass is 291 g/mol. The van der Waals surface area contributed by atoms with Gasteiger partial charge in [0.2, 0.25) is 0 Å². The minimum atomic E-state index is 0.0300. The molecule has 1 saturated heterocycles. The van der Waals surface area contributed by atoms with Crippen molar-refractivity contribution in [2.75, 3.05) is 25.5 Å². The Labute approximate surface area is 126 Å². The van der Waals surface area contributed by atoms with Crippen molar-refractivity contribution in [3.63, 3.8) is 0 Å². The molecule has 2 atom stereocenters. The van der Waals surface area contributed by atoms with E-state index in [1.54, 1.807) is 4.90 Å². The predicted molar refractivity (Wildman–Crippen MR) is 83.7 cm³/mol. The quantitative estimate of drug-likeness (QED) is 0.905. The summed E-state index contributed by atoms with van der Waals surface area (Å²) in [6.45, 7) is 7.61. The molecule has 1 aliphatic rings. The lowest BCUT2D eigenvalue weighted by atomic mass is 10.1. The highest BCUT2D eigenvalue weighted by molar-refractivity contribution is 5.95. The van der Waals surface area contributed by atoms with E-state index >= 15 is 0 Å². The maximum absolute atomic E-state index is 12.7. The Bertz CT molecular complexity index is 504. The summed E-state index contributed by atoms with van der Waals surface area (Å²) in [7, 11) is 1.85. The third-order valence-electron chi connectivity index (χ3n) is 3.91. The number of nitrogens with one attached hydrogen (secondary N) is 1. The van der Waals surface area contributed by atoms with Crippen molar-refractivity contribution in [3.05, 3.63) is 23.4 Å². The zero-order valence-electron chi connectivity index (χ0n) is 13.3. The summed E-state index contributed by atoms with van der Waals surface area (Å²) < 4.78 is 5.55. The standard InChI is InChI=1S/C16H25N3O2/c1-5-7-17-15-10-13(9-11(2)18-15)16(20)19(4)14-6-8-21-12(14)3/h9-10,12,14H,5-8H2,1-4H3,(H,17,18). The average molecular weight is 291 g/mol. The number of likely N-dealkylation sites (N-methyl/N-ethyl adjacent to an activating group) is 1. The van der Waals surface area contributed by atoms with Crippen LogP contribution in [0, 0.1) is 6.92 Å². The number of hydrogen-bond donors (Lipinski definition) is 1. The highest BCUT2D eigenvalue weighted by Gasteiger charge is 2.31. The molecule has 0 aromatic carbocycles. The Kier molecular flexibility index (Phi) is 5.17. The Hall–Kier alpha value is -1.62. The first-order valence-electron chi connectivity index (χ1n) is 7.64. The van der Waals surface area contributed by atoms with Gasteiger partial charge in [0.05, 0.1) is 12.1 Å². The number of amides is 1. The third-order valence-corrected chi connectivity index (χ3v) is 3.91. The van der Waals surface area contributed by atoms with E-state index in [1.807, 2.05) is 33.0 Å². The molecule has 0 saturated carbocycles. The van der Waals surface area contributed by atoms with E-state index in [-0.39, 0.29) is 18.1 Å². The van der Waals surface area contributed by atoms with Crippen LogP contribution >= 0.6 is 0 Å². The van der Waals surface area contributed by atoms with Crippen LogP contribution in [0.25, 0.3) is 0 Å². The summed E-state index contributed by atoms with van der Waals surface area (Å²) in [5.41, 5.74) is 1.53. The van der Waals surface area contributed by atoms with E-state index in [9.17, 15) is 4.79 Å². The molecule has 2 unspecified atom stereocenters. The molecule has 0 bridgehead atoms. The summed E-state index contributed by atoms with van der Waals surface area (Å²) >= 11 is 0. The van der Waals surface area contributed by atoms with Gasteiger partial charge < -0.3 is 15.0 Å². The van der Waals surface area contributed by atoms with Crippen molar-refractivity contribution < 1.29 is 9.53 Å². The zero-order valence-corrected chi connectivity index (χ0v) is 13.3. The molecular weight excluding hydrogens is 266 g/mol. The molecule has 5 heteroatoms. The highest BCUT2D eigenvalue weighted by atomic mass is 16.5. The normalized spacial score (nSPS) is 21.3. The van der Waals surface area contributed by atoms with E-state index in [2.05, 4.69) is 17.2 Å². The number of hydrogen-bond acceptors (Lipinski definition) is 4. The Morgan fingerprint density at radius 2 is 2.29 bits per heavy atom. The Balaban J connectivity index is 2.16. The zero-order chi connectivity index (χ0) is 15.4. The maximum atomic E-state index is 12.7. The lowest BCUT2D eigenvalue weighted by molar-refractivity contribution is 0.0574. The lowest BCUT2D eigenvalue weighted by Crippen LogP contribution is -2.41. The van der Waals surface area contributed by atoms with Crippen molar-refractivity contribution in [1.29, 1.82) is 0 Å². The molecule has 1 fully saturated rings. The van der Waals surface area contributed by atoms with Gasteiger partial charge in [0.15, 0.2) is 0 Å². The molecular formula is C16H25N3O2. The van der Waals surface area contributed by atoms with Crippen LogP contribution < -0.4 is 5.32 Å². The summed E-state index contributed by atoms with van der Waals surface area (Å²) in [5.74, 6) is 0.798. The van der Waals surface area contributed by atoms with Crippen LogP contribution in [-0.4, -0.2) is 48.1 Å². The minimum absolute atomic E-state index is 0.0300. The lowest BCUT2D eigenvalue weighted by Gasteiger charge is -2.27. The smallest absolute Gasteiger partial charge is 0.254 e. The van der Waals surface area contributed by atoms with Crippen LogP contribution in [0.1, 0.15) is 42.7 Å². The second-order valence-corrected chi connectivity index (χ2v) is 5.66. The van der Waals surface area contributed by atoms with Crippen molar-refractivity contribution in [2.45, 2.75) is 45.8 Å². The molecule has 0 radical (unpaired) electrons. The summed E-state index contributed by atoms with van der Waals surface area (Å²) in [4.78, 5) is 18.9. The Morgan fingerprint density at radius 1 is 1.52 bits per heavy atom. The third kappa shape index (κ3) is 3.73. The van der Waals surface area contributed by atoms with E-state index in [0.717, 1.165) is 37.5 Å². The highest BCUT2D eigenvalue weighted by Crippen LogP contribution is 2.21. The average Bonchev–Trinajstić information content (AvgIpc) is 2.89. The minimum Gasteiger partial charge on any atom is -0.376 e. The van der Waals surface area contributed by atoms with Crippen LogP contribution in [0.15, 0.2) is 12.1 Å². The Morgan fingerprint density at radius 3 is 2.90 bits per heavy atom. The van der Waals surface area contributed by atoms with Gasteiger partial charge >= 0.3 is 0 Å². The molecule has 1 aromatic heterocycles. The fourth-order valence-electron chi connectivity index (χ4n) is 2.72. The molecule has 2 rings (SSSR count). The van der Waals surface area contributed by atoms with E-state index < -0.39 is 0 Å². The maximum Gasteiger partial charge on any atom is 0.254 e. The van der Waals surface area contributed by atoms with Crippen LogP contribution in [0.5, 0.6) is 0 Å². The number of aryl methyl sites for hydroxylation is 1. The first kappa shape index (κ1) is 15.8. The van der Waals surface area contributed by atoms with Crippen molar-refractivity contribution in [3.8, 4) is 0 Å². The molecule has 1 aliphatic heterocycles. The van der Waals surface area contributed by atoms with Gasteiger partial charge in [-0.1, -0.05) is 6.92 Å². The second-order valence-electron chi connectivity index (χ2n) is 5.66. The number of rotatable bonds is 5. The molecule has 0 aliphatic carbocycles. The van der Waals surface area contributed by atoms with Gasteiger partial charge in [-0.15, -0.1) is 0 Å². The van der Waals surface area contributed by atoms with Gasteiger partial charge in [-0.2, -0.15) is 0 Å². The van der Waals surface area contributed by atoms with Crippen molar-refractivity contribution in [2.24, 2.45) is 0 Å². The SMILES string of the molecule is CCCNc1cc(C(=O)N(C)C2CCOC2C)cc(C)n1. The summed E-state index contributed by atoms with van der Waals surface area (Å²) in [6.07, 6.45) is 2.02. The summed E-state index contributed by atoms with van der Waals surface area (Å²) in [5, 5.41) is 3.24. The van der Waals surface area contributed by atoms with Gasteiger partial charge in [0.25, 0.3) is 5.91 Å². The van der Waals surface area contributed by atoms with E-state index in [1.165, 1.54) is 0 Å². The van der Waals surface area contributed by atoms with Gasteiger partial charge in [0.1, 0.15) is 5.82 Å². The molecule has 21 heavy (non-hydrogen) atoms. The fraction of sp³-hybridized carbons (Fsp3) is 0.625. The number of aromatic nitrogens is 1. The predicted octanol–water partition coefficient (Wildman–Crippen LogP) is 2.46. The van der Waals surface area contributed by atoms with Crippen LogP contribution in [0.3, 0.4) is 0 Å². The van der Waals surface area contributed by atoms with Gasteiger partial charge in [0, 0.05) is 31.5 Å². The molecule has 0 spiro atoms. The van der Waals surface area contributed by atoms with E-state index in [0.29, 0.717) is 5.56 Å². The van der Waals surface area contributed by atoms with Gasteiger partial charge in [-0.25, -0.2) is 4.98 Å². The van der Waals surface area contributed by atoms with E-state index in [4.69, 9.17) is 4.74 Å². The fourth-order valence-corrected chi connectivity index (χ4v) is 2.72. The molecule has 5 nitrogen and oxygen atoms in total. The molecule has 1 aromatic rings. The largest absolute Gasteiger partial charge is 0.376 e. The van der Waals surface area contributed by atoms with Crippen LogP contribution in [0.2, 0.25) is 0 Å². The number of anilines is 1. The summed E-state index contributed by atoms with van der Waals surface area (Å²) in [6, 6.07) is 3.83. The number of pyridine rings is 1. The number of ether oxygens (including phenoxy) is 1. The number of carbonyl (C=O) groups is 1. The molecule has 116 valence electrons. The topological polar surface area (TPSA) is 54.5 Å². The first-order chi connectivity index (χ1) is 10.0. The molecule has 1 amide bonds. The number of nitrogens with zero attached hydrogens (tertiary/aromatic N) is 2. The molecule has 1 N–H and O–H groups in total. The van der Waals surface area contributed by atoms with Crippen LogP contribution in [-0.2, 0) is 4.74 Å². The van der Waals surface area contributed by atoms with Crippen molar-refractivity contribution >= 4 is 11.7 Å². The van der Waals surface area contributed by atoms with Gasteiger partial charge in [-0.3, -0.25) is 4.79 Å². The molecule has 2 heterocycles. The second kappa shape index (κ2) is 6.89. The van der Waals surface area contributed by atoms with Crippen LogP contribution in [0.4, 0.5) is 5.82 Å².